The minimum absolute atomic E-state index is 0.00925. The molecule has 1 N–H and O–H groups in total. The van der Waals surface area contributed by atoms with Crippen LogP contribution in [0, 0.1) is 5.92 Å². The Morgan fingerprint density at radius 3 is 2.37 bits per heavy atom. The minimum Gasteiger partial charge on any atom is -0.309 e. The molecule has 1 aliphatic rings. The van der Waals surface area contributed by atoms with E-state index < -0.39 is 22.0 Å². The fraction of sp³-hybridized carbons (Fsp3) is 0.276. The van der Waals surface area contributed by atoms with Gasteiger partial charge in [-0.1, -0.05) is 92.5 Å². The number of amides is 2. The Hall–Kier alpha value is -3.49. The van der Waals surface area contributed by atoms with E-state index in [0.717, 1.165) is 12.0 Å². The Balaban J connectivity index is 1.63. The highest BCUT2D eigenvalue weighted by atomic mass is 35.5. The summed E-state index contributed by atoms with van der Waals surface area (Å²) in [5, 5.41) is 0.492. The zero-order chi connectivity index (χ0) is 27.3. The molecular weight excluding hydrogens is 522 g/mol. The number of carbonyl (C=O) groups is 2. The smallest absolute Gasteiger partial charge is 0.252 e. The molecule has 3 aromatic carbocycles. The number of halogens is 1. The molecule has 3 aromatic rings. The quantitative estimate of drug-likeness (QED) is 0.406. The van der Waals surface area contributed by atoms with Gasteiger partial charge in [0, 0.05) is 29.1 Å². The number of fused-ring (bicyclic) bond motifs is 1. The number of hydrogen-bond acceptors (Lipinski definition) is 5. The molecular formula is C29H30ClN3O4S. The lowest BCUT2D eigenvalue weighted by Gasteiger charge is -2.27. The van der Waals surface area contributed by atoms with Crippen LogP contribution >= 0.6 is 11.6 Å². The van der Waals surface area contributed by atoms with Gasteiger partial charge in [0.25, 0.3) is 5.91 Å². The molecule has 198 valence electrons. The van der Waals surface area contributed by atoms with Crippen LogP contribution in [0.5, 0.6) is 0 Å². The molecule has 0 fully saturated rings. The molecule has 0 saturated heterocycles. The Kier molecular flexibility index (Phi) is 8.64. The average molecular weight is 552 g/mol. The van der Waals surface area contributed by atoms with Crippen molar-refractivity contribution in [3.63, 3.8) is 0 Å². The molecule has 2 amide bonds. The van der Waals surface area contributed by atoms with Crippen molar-refractivity contribution < 1.29 is 18.0 Å². The lowest BCUT2D eigenvalue weighted by atomic mass is 9.98. The first-order chi connectivity index (χ1) is 18.2. The third-order valence-corrected chi connectivity index (χ3v) is 8.04. The monoisotopic (exact) mass is 551 g/mol. The third kappa shape index (κ3) is 6.49. The van der Waals surface area contributed by atoms with Crippen LogP contribution in [0.3, 0.4) is 0 Å². The second-order valence-electron chi connectivity index (χ2n) is 9.35. The van der Waals surface area contributed by atoms with Gasteiger partial charge in [-0.25, -0.2) is 8.42 Å². The van der Waals surface area contributed by atoms with Crippen LogP contribution in [0.15, 0.2) is 83.9 Å². The van der Waals surface area contributed by atoms with Gasteiger partial charge in [0.2, 0.25) is 15.9 Å². The molecule has 0 aliphatic carbocycles. The van der Waals surface area contributed by atoms with Crippen molar-refractivity contribution in [1.82, 2.24) is 4.72 Å². The van der Waals surface area contributed by atoms with Gasteiger partial charge in [0.1, 0.15) is 6.04 Å². The Labute approximate surface area is 228 Å². The molecule has 7 nitrogen and oxygen atoms in total. The maximum Gasteiger partial charge on any atom is 0.252 e. The van der Waals surface area contributed by atoms with Crippen LogP contribution in [0.1, 0.15) is 43.4 Å². The van der Waals surface area contributed by atoms with E-state index in [9.17, 15) is 18.0 Å². The Bertz CT molecular complexity index is 1440. The second-order valence-corrected chi connectivity index (χ2v) is 11.5. The molecule has 0 saturated carbocycles. The number of carbonyl (C=O) groups excluding carboxylic acids is 2. The number of benzene rings is 3. The summed E-state index contributed by atoms with van der Waals surface area (Å²) in [6.07, 6.45) is 0.529. The molecule has 38 heavy (non-hydrogen) atoms. The lowest BCUT2D eigenvalue weighted by molar-refractivity contribution is -0.121. The highest BCUT2D eigenvalue weighted by molar-refractivity contribution is 7.89. The fourth-order valence-corrected chi connectivity index (χ4v) is 5.72. The van der Waals surface area contributed by atoms with Crippen molar-refractivity contribution in [2.75, 3.05) is 11.4 Å². The molecule has 0 bridgehead atoms. The standard InChI is InChI=1S/C29H30ClN3O4S/c1-3-20(2)27-29(35)33(17-16-26(34)32-38(36,37)19-21-10-6-4-7-11-21)25-15-14-23(30)18-24(25)28(31-27)22-12-8-5-9-13-22/h4-15,18,20,27H,3,16-17,19H2,1-2H3,(H,32,34)/t20-,27?/m0/s1. The maximum absolute atomic E-state index is 13.8. The normalized spacial score (nSPS) is 16.3. The van der Waals surface area contributed by atoms with Gasteiger partial charge < -0.3 is 4.90 Å². The first-order valence-corrected chi connectivity index (χ1v) is 14.5. The van der Waals surface area contributed by atoms with E-state index in [4.69, 9.17) is 16.6 Å². The number of nitrogens with zero attached hydrogens (tertiary/aromatic N) is 2. The molecule has 0 radical (unpaired) electrons. The number of aliphatic imine (C=N–C) groups is 1. The Morgan fingerprint density at radius 1 is 1.05 bits per heavy atom. The molecule has 4 rings (SSSR count). The van der Waals surface area contributed by atoms with Gasteiger partial charge in [0.05, 0.1) is 17.2 Å². The van der Waals surface area contributed by atoms with Crippen molar-refractivity contribution in [1.29, 1.82) is 0 Å². The largest absolute Gasteiger partial charge is 0.309 e. The molecule has 0 spiro atoms. The summed E-state index contributed by atoms with van der Waals surface area (Å²) < 4.78 is 27.2. The highest BCUT2D eigenvalue weighted by Gasteiger charge is 2.35. The number of hydrogen-bond donors (Lipinski definition) is 1. The lowest BCUT2D eigenvalue weighted by Crippen LogP contribution is -2.43. The molecule has 1 unspecified atom stereocenters. The first kappa shape index (κ1) is 27.5. The Morgan fingerprint density at radius 2 is 1.71 bits per heavy atom. The van der Waals surface area contributed by atoms with Crippen LogP contribution in [0.25, 0.3) is 0 Å². The number of nitrogens with one attached hydrogen (secondary N) is 1. The summed E-state index contributed by atoms with van der Waals surface area (Å²) in [6, 6.07) is 22.8. The van der Waals surface area contributed by atoms with E-state index in [1.807, 2.05) is 44.2 Å². The summed E-state index contributed by atoms with van der Waals surface area (Å²) in [4.78, 5) is 33.0. The van der Waals surface area contributed by atoms with E-state index in [1.54, 1.807) is 48.5 Å². The van der Waals surface area contributed by atoms with Crippen molar-refractivity contribution >= 4 is 44.8 Å². The summed E-state index contributed by atoms with van der Waals surface area (Å²) in [5.74, 6) is -1.30. The van der Waals surface area contributed by atoms with Crippen LogP contribution in [-0.2, 0) is 25.4 Å². The molecule has 9 heteroatoms. The number of anilines is 1. The summed E-state index contributed by atoms with van der Waals surface area (Å²) in [7, 11) is -3.89. The summed E-state index contributed by atoms with van der Waals surface area (Å²) in [6.45, 7) is 3.96. The van der Waals surface area contributed by atoms with Crippen LogP contribution in [-0.4, -0.2) is 38.5 Å². The molecule has 2 atom stereocenters. The zero-order valence-corrected chi connectivity index (χ0v) is 22.9. The van der Waals surface area contributed by atoms with Gasteiger partial charge in [-0.15, -0.1) is 0 Å². The number of sulfonamides is 1. The van der Waals surface area contributed by atoms with E-state index in [2.05, 4.69) is 4.72 Å². The average Bonchev–Trinajstić information content (AvgIpc) is 3.01. The predicted molar refractivity (Wildman–Crippen MR) is 151 cm³/mol. The summed E-state index contributed by atoms with van der Waals surface area (Å²) >= 11 is 6.37. The van der Waals surface area contributed by atoms with E-state index >= 15 is 0 Å². The molecule has 1 heterocycles. The highest BCUT2D eigenvalue weighted by Crippen LogP contribution is 2.33. The van der Waals surface area contributed by atoms with Gasteiger partial charge in [0.15, 0.2) is 0 Å². The van der Waals surface area contributed by atoms with Gasteiger partial charge >= 0.3 is 0 Å². The van der Waals surface area contributed by atoms with E-state index in [0.29, 0.717) is 27.5 Å². The molecule has 1 aliphatic heterocycles. The first-order valence-electron chi connectivity index (χ1n) is 12.5. The van der Waals surface area contributed by atoms with Gasteiger partial charge in [-0.3, -0.25) is 19.3 Å². The topological polar surface area (TPSA) is 95.9 Å². The summed E-state index contributed by atoms with van der Waals surface area (Å²) in [5.41, 5.74) is 3.33. The van der Waals surface area contributed by atoms with Crippen LogP contribution in [0.4, 0.5) is 5.69 Å². The second kappa shape index (κ2) is 11.9. The van der Waals surface area contributed by atoms with Crippen molar-refractivity contribution in [3.05, 3.63) is 101 Å². The SMILES string of the molecule is CC[C@H](C)C1N=C(c2ccccc2)c2cc(Cl)ccc2N(CCC(=O)NS(=O)(=O)Cc2ccccc2)C1=O. The molecule has 0 aromatic heterocycles. The third-order valence-electron chi connectivity index (χ3n) is 6.55. The van der Waals surface area contributed by atoms with Gasteiger partial charge in [-0.2, -0.15) is 0 Å². The minimum atomic E-state index is -3.89. The van der Waals surface area contributed by atoms with Crippen molar-refractivity contribution in [2.24, 2.45) is 10.9 Å². The van der Waals surface area contributed by atoms with Crippen molar-refractivity contribution in [3.8, 4) is 0 Å². The van der Waals surface area contributed by atoms with Crippen molar-refractivity contribution in [2.45, 2.75) is 38.5 Å². The van der Waals surface area contributed by atoms with Crippen LogP contribution in [0.2, 0.25) is 5.02 Å². The van der Waals surface area contributed by atoms with Crippen LogP contribution < -0.4 is 9.62 Å². The fourth-order valence-electron chi connectivity index (χ4n) is 4.39. The maximum atomic E-state index is 13.8. The van der Waals surface area contributed by atoms with E-state index in [-0.39, 0.29) is 30.5 Å². The van der Waals surface area contributed by atoms with E-state index in [1.165, 1.54) is 4.90 Å². The number of rotatable bonds is 9. The van der Waals surface area contributed by atoms with Gasteiger partial charge in [-0.05, 0) is 29.7 Å². The number of benzodiazepines with no additional fused rings is 1. The zero-order valence-electron chi connectivity index (χ0n) is 21.3. The predicted octanol–water partition coefficient (Wildman–Crippen LogP) is 4.98.